The number of rotatable bonds is 7. The summed E-state index contributed by atoms with van der Waals surface area (Å²) in [5.41, 5.74) is 0.974. The van der Waals surface area contributed by atoms with E-state index in [0.29, 0.717) is 6.04 Å². The molecule has 0 radical (unpaired) electrons. The second kappa shape index (κ2) is 7.21. The first kappa shape index (κ1) is 16.2. The quantitative estimate of drug-likeness (QED) is 0.845. The van der Waals surface area contributed by atoms with Crippen molar-refractivity contribution in [1.29, 1.82) is 0 Å². The van der Waals surface area contributed by atoms with Gasteiger partial charge in [-0.15, -0.1) is 11.3 Å². The number of hydrogen-bond acceptors (Lipinski definition) is 3. The van der Waals surface area contributed by atoms with Crippen molar-refractivity contribution in [3.8, 4) is 0 Å². The van der Waals surface area contributed by atoms with Crippen LogP contribution in [0.4, 0.5) is 0 Å². The maximum Gasteiger partial charge on any atom is 0.0537 e. The molecule has 3 heteroatoms. The molecule has 0 saturated heterocycles. The molecule has 0 aliphatic carbocycles. The van der Waals surface area contributed by atoms with Crippen molar-refractivity contribution < 1.29 is 5.11 Å². The van der Waals surface area contributed by atoms with Gasteiger partial charge >= 0.3 is 0 Å². The molecule has 2 aromatic rings. The zero-order valence-corrected chi connectivity index (χ0v) is 13.9. The first-order valence-electron chi connectivity index (χ1n) is 7.44. The van der Waals surface area contributed by atoms with Gasteiger partial charge in [-0.1, -0.05) is 43.3 Å². The highest BCUT2D eigenvalue weighted by molar-refractivity contribution is 7.09. The van der Waals surface area contributed by atoms with Crippen molar-refractivity contribution >= 4 is 11.3 Å². The monoisotopic (exact) mass is 303 g/mol. The highest BCUT2D eigenvalue weighted by Gasteiger charge is 2.28. The van der Waals surface area contributed by atoms with Gasteiger partial charge in [0, 0.05) is 22.9 Å². The molecule has 1 heterocycles. The fraction of sp³-hybridized carbons (Fsp3) is 0.444. The SMILES string of the molecule is CC(Cc1cccs1)N(C)CC(C)(CO)c1ccccc1. The number of likely N-dealkylation sites (N-methyl/N-ethyl adjacent to an activating group) is 1. The van der Waals surface area contributed by atoms with Crippen molar-refractivity contribution in [1.82, 2.24) is 4.90 Å². The van der Waals surface area contributed by atoms with E-state index in [0.717, 1.165) is 13.0 Å². The number of aliphatic hydroxyl groups is 1. The molecule has 1 N–H and O–H groups in total. The molecule has 2 unspecified atom stereocenters. The molecule has 0 amide bonds. The van der Waals surface area contributed by atoms with Crippen LogP contribution in [0.2, 0.25) is 0 Å². The van der Waals surface area contributed by atoms with E-state index in [2.05, 4.69) is 55.4 Å². The zero-order chi connectivity index (χ0) is 15.3. The van der Waals surface area contributed by atoms with Gasteiger partial charge < -0.3 is 10.0 Å². The summed E-state index contributed by atoms with van der Waals surface area (Å²) in [6.45, 7) is 5.40. The van der Waals surface area contributed by atoms with Gasteiger partial charge in [-0.3, -0.25) is 0 Å². The summed E-state index contributed by atoms with van der Waals surface area (Å²) in [4.78, 5) is 3.77. The Hall–Kier alpha value is -1.16. The summed E-state index contributed by atoms with van der Waals surface area (Å²) < 4.78 is 0. The lowest BCUT2D eigenvalue weighted by Gasteiger charge is -2.35. The molecule has 0 bridgehead atoms. The molecule has 114 valence electrons. The Bertz CT molecular complexity index is 525. The van der Waals surface area contributed by atoms with Gasteiger partial charge in [0.1, 0.15) is 0 Å². The molecule has 2 rings (SSSR count). The normalized spacial score (nSPS) is 15.9. The Labute approximate surface area is 132 Å². The lowest BCUT2D eigenvalue weighted by atomic mass is 9.82. The third kappa shape index (κ3) is 4.16. The van der Waals surface area contributed by atoms with Crippen LogP contribution in [0.25, 0.3) is 0 Å². The minimum absolute atomic E-state index is 0.160. The minimum Gasteiger partial charge on any atom is -0.395 e. The lowest BCUT2D eigenvalue weighted by Crippen LogP contribution is -2.43. The Morgan fingerprint density at radius 2 is 1.90 bits per heavy atom. The van der Waals surface area contributed by atoms with Crippen LogP contribution < -0.4 is 0 Å². The summed E-state index contributed by atoms with van der Waals surface area (Å²) in [6, 6.07) is 15.1. The summed E-state index contributed by atoms with van der Waals surface area (Å²) >= 11 is 1.81. The summed E-state index contributed by atoms with van der Waals surface area (Å²) in [5.74, 6) is 0. The lowest BCUT2D eigenvalue weighted by molar-refractivity contribution is 0.138. The maximum atomic E-state index is 9.90. The molecule has 0 spiro atoms. The Kier molecular flexibility index (Phi) is 5.57. The summed E-state index contributed by atoms with van der Waals surface area (Å²) in [6.07, 6.45) is 1.06. The van der Waals surface area contributed by atoms with Crippen LogP contribution in [-0.2, 0) is 11.8 Å². The number of benzene rings is 1. The molecule has 0 aliphatic heterocycles. The highest BCUT2D eigenvalue weighted by atomic mass is 32.1. The Balaban J connectivity index is 2.03. The number of thiophene rings is 1. The molecule has 0 fully saturated rings. The van der Waals surface area contributed by atoms with Crippen molar-refractivity contribution in [3.05, 3.63) is 58.3 Å². The van der Waals surface area contributed by atoms with Crippen LogP contribution in [0, 0.1) is 0 Å². The second-order valence-corrected chi connectivity index (χ2v) is 7.16. The van der Waals surface area contributed by atoms with Crippen molar-refractivity contribution in [2.45, 2.75) is 31.7 Å². The van der Waals surface area contributed by atoms with Crippen LogP contribution in [0.5, 0.6) is 0 Å². The highest BCUT2D eigenvalue weighted by Crippen LogP contribution is 2.25. The van der Waals surface area contributed by atoms with Crippen molar-refractivity contribution in [3.63, 3.8) is 0 Å². The Morgan fingerprint density at radius 3 is 2.48 bits per heavy atom. The van der Waals surface area contributed by atoms with Crippen LogP contribution >= 0.6 is 11.3 Å². The molecule has 21 heavy (non-hydrogen) atoms. The topological polar surface area (TPSA) is 23.5 Å². The fourth-order valence-electron chi connectivity index (χ4n) is 2.66. The van der Waals surface area contributed by atoms with E-state index < -0.39 is 0 Å². The van der Waals surface area contributed by atoms with E-state index >= 15 is 0 Å². The van der Waals surface area contributed by atoms with Crippen molar-refractivity contribution in [2.75, 3.05) is 20.2 Å². The average Bonchev–Trinajstić information content (AvgIpc) is 3.00. The van der Waals surface area contributed by atoms with Gasteiger partial charge in [0.2, 0.25) is 0 Å². The van der Waals surface area contributed by atoms with E-state index in [4.69, 9.17) is 0 Å². The smallest absolute Gasteiger partial charge is 0.0537 e. The average molecular weight is 303 g/mol. The van der Waals surface area contributed by atoms with E-state index in [1.807, 2.05) is 29.5 Å². The third-order valence-electron chi connectivity index (χ3n) is 4.25. The molecule has 2 nitrogen and oxygen atoms in total. The zero-order valence-electron chi connectivity index (χ0n) is 13.1. The van der Waals surface area contributed by atoms with Gasteiger partial charge in [0.15, 0.2) is 0 Å². The van der Waals surface area contributed by atoms with E-state index in [-0.39, 0.29) is 12.0 Å². The molecular weight excluding hydrogens is 278 g/mol. The van der Waals surface area contributed by atoms with Gasteiger partial charge in [0.25, 0.3) is 0 Å². The molecular formula is C18H25NOS. The van der Waals surface area contributed by atoms with Crippen LogP contribution in [0.3, 0.4) is 0 Å². The second-order valence-electron chi connectivity index (χ2n) is 6.13. The number of aliphatic hydroxyl groups excluding tert-OH is 1. The van der Waals surface area contributed by atoms with Gasteiger partial charge in [-0.25, -0.2) is 0 Å². The standard InChI is InChI=1S/C18H25NOS/c1-15(12-17-10-7-11-21-17)19(3)13-18(2,14-20)16-8-5-4-6-9-16/h4-11,15,20H,12-14H2,1-3H3. The number of hydrogen-bond donors (Lipinski definition) is 1. The predicted molar refractivity (Wildman–Crippen MR) is 91.0 cm³/mol. The molecule has 2 atom stereocenters. The van der Waals surface area contributed by atoms with Crippen LogP contribution in [0.1, 0.15) is 24.3 Å². The van der Waals surface area contributed by atoms with E-state index in [9.17, 15) is 5.11 Å². The first-order chi connectivity index (χ1) is 10.0. The Morgan fingerprint density at radius 1 is 1.19 bits per heavy atom. The fourth-order valence-corrected chi connectivity index (χ4v) is 3.48. The van der Waals surface area contributed by atoms with Crippen LogP contribution in [-0.4, -0.2) is 36.2 Å². The van der Waals surface area contributed by atoms with Crippen LogP contribution in [0.15, 0.2) is 47.8 Å². The van der Waals surface area contributed by atoms with E-state index in [1.54, 1.807) is 0 Å². The van der Waals surface area contributed by atoms with Gasteiger partial charge in [-0.05, 0) is 37.4 Å². The maximum absolute atomic E-state index is 9.90. The predicted octanol–water partition coefficient (Wildman–Crippen LogP) is 3.56. The largest absolute Gasteiger partial charge is 0.395 e. The molecule has 0 aliphatic rings. The van der Waals surface area contributed by atoms with Crippen molar-refractivity contribution in [2.24, 2.45) is 0 Å². The third-order valence-corrected chi connectivity index (χ3v) is 5.15. The molecule has 1 aromatic heterocycles. The summed E-state index contributed by atoms with van der Waals surface area (Å²) in [7, 11) is 2.15. The molecule has 0 saturated carbocycles. The summed E-state index contributed by atoms with van der Waals surface area (Å²) in [5, 5.41) is 12.0. The van der Waals surface area contributed by atoms with E-state index in [1.165, 1.54) is 10.4 Å². The van der Waals surface area contributed by atoms with Gasteiger partial charge in [-0.2, -0.15) is 0 Å². The minimum atomic E-state index is -0.223. The molecule has 1 aromatic carbocycles. The first-order valence-corrected chi connectivity index (χ1v) is 8.32. The van der Waals surface area contributed by atoms with Gasteiger partial charge in [0.05, 0.1) is 6.61 Å². The number of nitrogens with zero attached hydrogens (tertiary/aromatic N) is 1.